The van der Waals surface area contributed by atoms with Gasteiger partial charge < -0.3 is 9.47 Å². The van der Waals surface area contributed by atoms with Gasteiger partial charge in [0.05, 0.1) is 18.6 Å². The first-order chi connectivity index (χ1) is 13.1. The van der Waals surface area contributed by atoms with E-state index in [9.17, 15) is 18.0 Å². The fourth-order valence-corrected chi connectivity index (χ4v) is 5.26. The number of ether oxygens (including phenoxy) is 2. The third-order valence-electron chi connectivity index (χ3n) is 3.75. The number of thioether (sulfide) groups is 1. The van der Waals surface area contributed by atoms with Crippen LogP contribution in [0.5, 0.6) is 0 Å². The molecule has 0 saturated heterocycles. The first-order valence-electron chi connectivity index (χ1n) is 8.62. The van der Waals surface area contributed by atoms with E-state index in [2.05, 4.69) is 4.74 Å². The normalized spacial score (nSPS) is 12.1. The van der Waals surface area contributed by atoms with Crippen LogP contribution in [0.1, 0.15) is 32.3 Å². The first kappa shape index (κ1) is 24.4. The molecule has 0 aliphatic carbocycles. The minimum atomic E-state index is -4.03. The van der Waals surface area contributed by atoms with Crippen LogP contribution in [0.4, 0.5) is 0 Å². The molecule has 1 unspecified atom stereocenters. The van der Waals surface area contributed by atoms with Crippen LogP contribution in [0, 0.1) is 6.92 Å². The number of hydrogen-bond donors (Lipinski definition) is 0. The number of nitrogens with zero attached hydrogens (tertiary/aromatic N) is 1. The van der Waals surface area contributed by atoms with Gasteiger partial charge in [-0.2, -0.15) is 0 Å². The number of sulfonamides is 1. The zero-order valence-electron chi connectivity index (χ0n) is 16.3. The molecule has 0 aromatic heterocycles. The molecular formula is C18H25NO6S3. The Hall–Kier alpha value is -1.65. The van der Waals surface area contributed by atoms with Crippen molar-refractivity contribution in [3.63, 3.8) is 0 Å². The maximum Gasteiger partial charge on any atom is 0.305 e. The van der Waals surface area contributed by atoms with Crippen LogP contribution in [0.25, 0.3) is 0 Å². The van der Waals surface area contributed by atoms with Crippen LogP contribution in [0.15, 0.2) is 29.2 Å². The van der Waals surface area contributed by atoms with Gasteiger partial charge in [0, 0.05) is 25.1 Å². The molecule has 1 rings (SSSR count). The number of thiocarbonyl (C=S) groups is 1. The van der Waals surface area contributed by atoms with Crippen LogP contribution >= 0.6 is 24.0 Å². The lowest BCUT2D eigenvalue weighted by atomic mass is 10.2. The quantitative estimate of drug-likeness (QED) is 0.422. The Morgan fingerprint density at radius 2 is 1.86 bits per heavy atom. The molecule has 156 valence electrons. The van der Waals surface area contributed by atoms with Crippen molar-refractivity contribution in [1.82, 2.24) is 4.31 Å². The second-order valence-corrected chi connectivity index (χ2v) is 9.67. The Morgan fingerprint density at radius 3 is 2.36 bits per heavy atom. The van der Waals surface area contributed by atoms with E-state index in [4.69, 9.17) is 17.0 Å². The number of amides is 1. The number of rotatable bonds is 9. The summed E-state index contributed by atoms with van der Waals surface area (Å²) in [7, 11) is -2.76. The summed E-state index contributed by atoms with van der Waals surface area (Å²) in [5, 5.41) is -0.456. The number of carbonyl (C=O) groups is 2. The van der Waals surface area contributed by atoms with Crippen molar-refractivity contribution in [2.24, 2.45) is 0 Å². The van der Waals surface area contributed by atoms with Gasteiger partial charge in [0.2, 0.25) is 10.3 Å². The first-order valence-corrected chi connectivity index (χ1v) is 11.3. The number of aryl methyl sites for hydroxylation is 1. The molecule has 1 aromatic rings. The maximum atomic E-state index is 13.0. The average Bonchev–Trinajstić information content (AvgIpc) is 2.63. The van der Waals surface area contributed by atoms with Gasteiger partial charge in [-0.15, -0.1) is 0 Å². The highest BCUT2D eigenvalue weighted by Gasteiger charge is 2.30. The van der Waals surface area contributed by atoms with Crippen molar-refractivity contribution >= 4 is 50.3 Å². The Bertz CT molecular complexity index is 792. The molecule has 1 aromatic carbocycles. The van der Waals surface area contributed by atoms with Gasteiger partial charge in [-0.05, 0) is 44.6 Å². The smallest absolute Gasteiger partial charge is 0.305 e. The zero-order chi connectivity index (χ0) is 21.3. The van der Waals surface area contributed by atoms with Crippen molar-refractivity contribution in [2.75, 3.05) is 20.3 Å². The SMILES string of the molecule is CCOC(=S)SC(CCC(=O)OC)CN(C(C)=O)S(=O)(=O)c1ccc(C)cc1. The second-order valence-electron chi connectivity index (χ2n) is 5.91. The van der Waals surface area contributed by atoms with Crippen LogP contribution in [0.3, 0.4) is 0 Å². The van der Waals surface area contributed by atoms with Crippen LogP contribution in [0.2, 0.25) is 0 Å². The molecule has 1 amide bonds. The molecule has 10 heteroatoms. The van der Waals surface area contributed by atoms with Gasteiger partial charge in [0.1, 0.15) is 0 Å². The minimum absolute atomic E-state index is 0.0254. The number of benzene rings is 1. The molecule has 0 radical (unpaired) electrons. The van der Waals surface area contributed by atoms with Gasteiger partial charge in [0.25, 0.3) is 10.0 Å². The fourth-order valence-electron chi connectivity index (χ4n) is 2.27. The third-order valence-corrected chi connectivity index (χ3v) is 7.04. The molecular weight excluding hydrogens is 422 g/mol. The Kier molecular flexibility index (Phi) is 9.91. The van der Waals surface area contributed by atoms with E-state index in [1.165, 1.54) is 26.2 Å². The van der Waals surface area contributed by atoms with Crippen LogP contribution in [-0.4, -0.2) is 54.5 Å². The maximum absolute atomic E-state index is 13.0. The van der Waals surface area contributed by atoms with Crippen LogP contribution < -0.4 is 0 Å². The summed E-state index contributed by atoms with van der Waals surface area (Å²) < 4.78 is 36.9. The second kappa shape index (κ2) is 11.4. The van der Waals surface area contributed by atoms with Gasteiger partial charge in [-0.25, -0.2) is 12.7 Å². The molecule has 1 atom stereocenters. The lowest BCUT2D eigenvalue weighted by Gasteiger charge is -2.26. The fraction of sp³-hybridized carbons (Fsp3) is 0.500. The molecule has 0 heterocycles. The molecule has 7 nitrogen and oxygen atoms in total. The van der Waals surface area contributed by atoms with Crippen molar-refractivity contribution in [1.29, 1.82) is 0 Å². The zero-order valence-corrected chi connectivity index (χ0v) is 18.8. The highest BCUT2D eigenvalue weighted by atomic mass is 32.2. The van der Waals surface area contributed by atoms with Crippen molar-refractivity contribution < 1.29 is 27.5 Å². The summed E-state index contributed by atoms with van der Waals surface area (Å²) >= 11 is 6.25. The lowest BCUT2D eigenvalue weighted by Crippen LogP contribution is -2.40. The topological polar surface area (TPSA) is 90.0 Å². The van der Waals surface area contributed by atoms with Gasteiger partial charge >= 0.3 is 5.97 Å². The average molecular weight is 448 g/mol. The van der Waals surface area contributed by atoms with E-state index < -0.39 is 27.1 Å². The van der Waals surface area contributed by atoms with Gasteiger partial charge in [0.15, 0.2) is 0 Å². The van der Waals surface area contributed by atoms with E-state index in [0.29, 0.717) is 6.61 Å². The number of hydrogen-bond acceptors (Lipinski definition) is 8. The molecule has 0 spiro atoms. The van der Waals surface area contributed by atoms with E-state index in [1.807, 2.05) is 6.92 Å². The predicted molar refractivity (Wildman–Crippen MR) is 113 cm³/mol. The Labute approximate surface area is 175 Å². The molecule has 0 aliphatic rings. The van der Waals surface area contributed by atoms with Crippen LogP contribution in [-0.2, 0) is 29.1 Å². The summed E-state index contributed by atoms with van der Waals surface area (Å²) in [5.41, 5.74) is 0.905. The van der Waals surface area contributed by atoms with Gasteiger partial charge in [-0.3, -0.25) is 9.59 Å². The van der Waals surface area contributed by atoms with Crippen molar-refractivity contribution in [2.45, 2.75) is 43.8 Å². The van der Waals surface area contributed by atoms with Crippen molar-refractivity contribution in [3.05, 3.63) is 29.8 Å². The highest BCUT2D eigenvalue weighted by molar-refractivity contribution is 8.23. The Morgan fingerprint density at radius 1 is 1.25 bits per heavy atom. The summed E-state index contributed by atoms with van der Waals surface area (Å²) in [6.07, 6.45) is 0.344. The summed E-state index contributed by atoms with van der Waals surface area (Å²) in [6, 6.07) is 6.25. The summed E-state index contributed by atoms with van der Waals surface area (Å²) in [5.74, 6) is -1.05. The highest BCUT2D eigenvalue weighted by Crippen LogP contribution is 2.25. The number of methoxy groups -OCH3 is 1. The van der Waals surface area contributed by atoms with E-state index >= 15 is 0 Å². The lowest BCUT2D eigenvalue weighted by molar-refractivity contribution is -0.140. The number of carbonyl (C=O) groups excluding carboxylic acids is 2. The van der Waals surface area contributed by atoms with E-state index in [0.717, 1.165) is 21.6 Å². The molecule has 0 aliphatic heterocycles. The standard InChI is InChI=1S/C18H25NO6S3/c1-5-25-18(26)27-15(8-11-17(21)24-4)12-19(14(3)20)28(22,23)16-9-6-13(2)7-10-16/h6-7,9-10,15H,5,8,11-12H2,1-4H3. The minimum Gasteiger partial charge on any atom is -0.479 e. The Balaban J connectivity index is 3.09. The molecule has 0 N–H and O–H groups in total. The molecule has 0 bridgehead atoms. The van der Waals surface area contributed by atoms with Gasteiger partial charge in [-0.1, -0.05) is 29.5 Å². The van der Waals surface area contributed by atoms with Crippen molar-refractivity contribution in [3.8, 4) is 0 Å². The molecule has 28 heavy (non-hydrogen) atoms. The van der Waals surface area contributed by atoms with E-state index in [-0.39, 0.29) is 28.7 Å². The predicted octanol–water partition coefficient (Wildman–Crippen LogP) is 2.91. The summed E-state index contributed by atoms with van der Waals surface area (Å²) in [4.78, 5) is 23.7. The number of esters is 1. The molecule has 0 saturated carbocycles. The monoisotopic (exact) mass is 447 g/mol. The summed E-state index contributed by atoms with van der Waals surface area (Å²) in [6.45, 7) is 5.04. The largest absolute Gasteiger partial charge is 0.479 e. The third kappa shape index (κ3) is 7.40. The molecule has 0 fully saturated rings. The van der Waals surface area contributed by atoms with E-state index in [1.54, 1.807) is 19.1 Å².